The quantitative estimate of drug-likeness (QED) is 0.679. The van der Waals surface area contributed by atoms with E-state index in [1.54, 1.807) is 0 Å². The first-order valence-electron chi connectivity index (χ1n) is 8.05. The maximum absolute atomic E-state index is 9.25. The van der Waals surface area contributed by atoms with Gasteiger partial charge in [-0.3, -0.25) is 0 Å². The molecular formula is C18H27N3O2. The van der Waals surface area contributed by atoms with Crippen molar-refractivity contribution in [1.29, 1.82) is 0 Å². The lowest BCUT2D eigenvalue weighted by Crippen LogP contribution is -2.30. The van der Waals surface area contributed by atoms with E-state index in [1.165, 1.54) is 5.56 Å². The highest BCUT2D eigenvalue weighted by atomic mass is 16.3. The van der Waals surface area contributed by atoms with E-state index in [4.69, 9.17) is 5.11 Å². The third-order valence-corrected chi connectivity index (χ3v) is 3.74. The molecule has 3 N–H and O–H groups in total. The molecule has 1 aromatic carbocycles. The maximum Gasteiger partial charge on any atom is 0.0894 e. The van der Waals surface area contributed by atoms with Gasteiger partial charge in [-0.15, -0.1) is 0 Å². The largest absolute Gasteiger partial charge is 0.394 e. The number of nitrogens with zero attached hydrogens (tertiary/aromatic N) is 2. The summed E-state index contributed by atoms with van der Waals surface area (Å²) in [5.41, 5.74) is 3.40. The highest BCUT2D eigenvalue weighted by molar-refractivity contribution is 5.34. The summed E-state index contributed by atoms with van der Waals surface area (Å²) in [6.45, 7) is 7.45. The van der Waals surface area contributed by atoms with Crippen LogP contribution in [0.2, 0.25) is 0 Å². The SMILES string of the molecule is CC(C)(C)c1ccn(-c2ccc(CCNCC(O)CO)cc2)n1. The van der Waals surface area contributed by atoms with Gasteiger partial charge in [0, 0.05) is 18.2 Å². The Morgan fingerprint density at radius 3 is 2.43 bits per heavy atom. The van der Waals surface area contributed by atoms with Crippen molar-refractivity contribution in [3.63, 3.8) is 0 Å². The minimum Gasteiger partial charge on any atom is -0.394 e. The van der Waals surface area contributed by atoms with E-state index in [0.717, 1.165) is 24.3 Å². The lowest BCUT2D eigenvalue weighted by atomic mass is 9.93. The molecule has 0 radical (unpaired) electrons. The predicted molar refractivity (Wildman–Crippen MR) is 91.9 cm³/mol. The normalized spacial score (nSPS) is 13.3. The van der Waals surface area contributed by atoms with Crippen LogP contribution in [0.25, 0.3) is 5.69 Å². The molecule has 5 heteroatoms. The Bertz CT molecular complexity index is 599. The van der Waals surface area contributed by atoms with Crippen molar-refractivity contribution in [2.24, 2.45) is 0 Å². The van der Waals surface area contributed by atoms with Crippen LogP contribution in [0, 0.1) is 0 Å². The first-order chi connectivity index (χ1) is 10.9. The monoisotopic (exact) mass is 317 g/mol. The van der Waals surface area contributed by atoms with E-state index >= 15 is 0 Å². The molecule has 5 nitrogen and oxygen atoms in total. The number of aromatic nitrogens is 2. The van der Waals surface area contributed by atoms with Gasteiger partial charge in [-0.05, 0) is 36.7 Å². The average molecular weight is 317 g/mol. The first kappa shape index (κ1) is 17.7. The third kappa shape index (κ3) is 5.16. The second-order valence-corrected chi connectivity index (χ2v) is 6.85. The second-order valence-electron chi connectivity index (χ2n) is 6.85. The molecule has 0 amide bonds. The number of aliphatic hydroxyl groups is 2. The smallest absolute Gasteiger partial charge is 0.0894 e. The highest BCUT2D eigenvalue weighted by Gasteiger charge is 2.16. The van der Waals surface area contributed by atoms with Crippen LogP contribution in [-0.4, -0.2) is 45.8 Å². The zero-order valence-corrected chi connectivity index (χ0v) is 14.2. The number of rotatable bonds is 7. The molecule has 0 bridgehead atoms. The summed E-state index contributed by atoms with van der Waals surface area (Å²) in [5.74, 6) is 0. The predicted octanol–water partition coefficient (Wildman–Crippen LogP) is 1.66. The Morgan fingerprint density at radius 1 is 1.17 bits per heavy atom. The number of hydrogen-bond donors (Lipinski definition) is 3. The molecule has 1 unspecified atom stereocenters. The average Bonchev–Trinajstić information content (AvgIpc) is 3.02. The van der Waals surface area contributed by atoms with Gasteiger partial charge in [0.05, 0.1) is 24.1 Å². The summed E-state index contributed by atoms with van der Waals surface area (Å²) in [6.07, 6.45) is 2.19. The van der Waals surface area contributed by atoms with Crippen molar-refractivity contribution in [2.45, 2.75) is 38.7 Å². The molecule has 0 spiro atoms. The van der Waals surface area contributed by atoms with Crippen molar-refractivity contribution in [1.82, 2.24) is 15.1 Å². The summed E-state index contributed by atoms with van der Waals surface area (Å²) in [4.78, 5) is 0. The van der Waals surface area contributed by atoms with Crippen LogP contribution in [0.1, 0.15) is 32.0 Å². The molecule has 0 fully saturated rings. The molecule has 2 aromatic rings. The van der Waals surface area contributed by atoms with E-state index in [9.17, 15) is 5.11 Å². The molecule has 1 aromatic heterocycles. The van der Waals surface area contributed by atoms with Crippen molar-refractivity contribution in [3.8, 4) is 5.69 Å². The van der Waals surface area contributed by atoms with Crippen molar-refractivity contribution in [2.75, 3.05) is 19.7 Å². The Kier molecular flexibility index (Phi) is 5.93. The number of hydrogen-bond acceptors (Lipinski definition) is 4. The summed E-state index contributed by atoms with van der Waals surface area (Å²) in [6, 6.07) is 10.4. The van der Waals surface area contributed by atoms with E-state index in [1.807, 2.05) is 10.9 Å². The lowest BCUT2D eigenvalue weighted by Gasteiger charge is -2.14. The Morgan fingerprint density at radius 2 is 1.87 bits per heavy atom. The molecule has 23 heavy (non-hydrogen) atoms. The number of benzene rings is 1. The fourth-order valence-electron chi connectivity index (χ4n) is 2.25. The standard InChI is InChI=1S/C18H27N3O2/c1-18(2,3)17-9-11-21(20-17)15-6-4-14(5-7-15)8-10-19-12-16(23)13-22/h4-7,9,11,16,19,22-23H,8,10,12-13H2,1-3H3. The molecule has 0 saturated heterocycles. The summed E-state index contributed by atoms with van der Waals surface area (Å²) < 4.78 is 1.90. The molecule has 1 atom stereocenters. The fraction of sp³-hybridized carbons (Fsp3) is 0.500. The fourth-order valence-corrected chi connectivity index (χ4v) is 2.25. The van der Waals surface area contributed by atoms with Gasteiger partial charge >= 0.3 is 0 Å². The minimum absolute atomic E-state index is 0.0516. The van der Waals surface area contributed by atoms with Crippen LogP contribution in [0.4, 0.5) is 0 Å². The van der Waals surface area contributed by atoms with Crippen LogP contribution < -0.4 is 5.32 Å². The molecule has 0 aliphatic heterocycles. The Hall–Kier alpha value is -1.69. The van der Waals surface area contributed by atoms with Gasteiger partial charge in [0.15, 0.2) is 0 Å². The summed E-state index contributed by atoms with van der Waals surface area (Å²) >= 11 is 0. The minimum atomic E-state index is -0.686. The van der Waals surface area contributed by atoms with Crippen molar-refractivity contribution in [3.05, 3.63) is 47.8 Å². The van der Waals surface area contributed by atoms with Gasteiger partial charge in [0.25, 0.3) is 0 Å². The molecule has 0 saturated carbocycles. The zero-order valence-electron chi connectivity index (χ0n) is 14.2. The summed E-state index contributed by atoms with van der Waals surface area (Å²) in [5, 5.41) is 25.8. The zero-order chi connectivity index (χ0) is 16.9. The van der Waals surface area contributed by atoms with E-state index < -0.39 is 6.10 Å². The third-order valence-electron chi connectivity index (χ3n) is 3.74. The topological polar surface area (TPSA) is 70.3 Å². The van der Waals surface area contributed by atoms with Gasteiger partial charge in [-0.1, -0.05) is 32.9 Å². The van der Waals surface area contributed by atoms with Crippen molar-refractivity contribution >= 4 is 0 Å². The lowest BCUT2D eigenvalue weighted by molar-refractivity contribution is 0.0947. The van der Waals surface area contributed by atoms with Crippen LogP contribution >= 0.6 is 0 Å². The van der Waals surface area contributed by atoms with Crippen LogP contribution in [0.5, 0.6) is 0 Å². The van der Waals surface area contributed by atoms with Crippen LogP contribution in [-0.2, 0) is 11.8 Å². The highest BCUT2D eigenvalue weighted by Crippen LogP contribution is 2.21. The van der Waals surface area contributed by atoms with Gasteiger partial charge in [-0.25, -0.2) is 4.68 Å². The van der Waals surface area contributed by atoms with Gasteiger partial charge < -0.3 is 15.5 Å². The Labute approximate surface area is 138 Å². The van der Waals surface area contributed by atoms with Crippen LogP contribution in [0.3, 0.4) is 0 Å². The second kappa shape index (κ2) is 7.73. The van der Waals surface area contributed by atoms with E-state index in [0.29, 0.717) is 6.54 Å². The van der Waals surface area contributed by atoms with E-state index in [2.05, 4.69) is 61.5 Å². The molecule has 126 valence electrons. The van der Waals surface area contributed by atoms with Gasteiger partial charge in [-0.2, -0.15) is 5.10 Å². The molecular weight excluding hydrogens is 290 g/mol. The molecule has 2 rings (SSSR count). The number of nitrogens with one attached hydrogen (secondary N) is 1. The first-order valence-corrected chi connectivity index (χ1v) is 8.05. The number of aliphatic hydroxyl groups excluding tert-OH is 2. The maximum atomic E-state index is 9.25. The molecule has 0 aliphatic carbocycles. The van der Waals surface area contributed by atoms with Crippen molar-refractivity contribution < 1.29 is 10.2 Å². The molecule has 0 aliphatic rings. The van der Waals surface area contributed by atoms with Crippen LogP contribution in [0.15, 0.2) is 36.5 Å². The Balaban J connectivity index is 1.91. The van der Waals surface area contributed by atoms with Gasteiger partial charge in [0.1, 0.15) is 0 Å². The molecule has 1 heterocycles. The summed E-state index contributed by atoms with van der Waals surface area (Å²) in [7, 11) is 0. The van der Waals surface area contributed by atoms with Gasteiger partial charge in [0.2, 0.25) is 0 Å². The van der Waals surface area contributed by atoms with E-state index in [-0.39, 0.29) is 12.0 Å².